The van der Waals surface area contributed by atoms with Gasteiger partial charge in [-0.2, -0.15) is 0 Å². The quantitative estimate of drug-likeness (QED) is 0.474. The molecule has 0 unspecified atom stereocenters. The van der Waals surface area contributed by atoms with E-state index in [9.17, 15) is 0 Å². The van der Waals surface area contributed by atoms with E-state index in [1.165, 1.54) is 6.54 Å². The van der Waals surface area contributed by atoms with Gasteiger partial charge in [-0.1, -0.05) is 6.92 Å². The fraction of sp³-hybridized carbons (Fsp3) is 1.00. The number of rotatable bonds is 0. The second-order valence-electron chi connectivity index (χ2n) is 2.94. The molecule has 0 aliphatic carbocycles. The molecule has 2 heteroatoms. The van der Waals surface area contributed by atoms with Gasteiger partial charge in [-0.25, -0.2) is 0 Å². The topological polar surface area (TPSA) is 12.5 Å². The van der Waals surface area contributed by atoms with Gasteiger partial charge in [-0.15, -0.1) is 0 Å². The molecule has 0 amide bonds. The molecule has 0 aromatic rings. The van der Waals surface area contributed by atoms with Crippen molar-refractivity contribution >= 4 is 0 Å². The van der Waals surface area contributed by atoms with Crippen LogP contribution >= 0.6 is 0 Å². The maximum atomic E-state index is 5.34. The lowest BCUT2D eigenvalue weighted by Crippen LogP contribution is -2.24. The predicted octanol–water partition coefficient (Wildman–Crippen LogP) is 0.585. The van der Waals surface area contributed by atoms with Gasteiger partial charge in [-0.3, -0.25) is 0 Å². The summed E-state index contributed by atoms with van der Waals surface area (Å²) in [6, 6.07) is 0. The van der Waals surface area contributed by atoms with E-state index in [4.69, 9.17) is 4.74 Å². The summed E-state index contributed by atoms with van der Waals surface area (Å²) >= 11 is 0. The zero-order chi connectivity index (χ0) is 6.69. The minimum atomic E-state index is 0.706. The molecule has 0 bridgehead atoms. The largest absolute Gasteiger partial charge is 0.380 e. The fourth-order valence-electron chi connectivity index (χ4n) is 1.18. The van der Waals surface area contributed by atoms with Crippen molar-refractivity contribution in [2.45, 2.75) is 6.92 Å². The molecule has 0 N–H and O–H groups in total. The van der Waals surface area contributed by atoms with Crippen molar-refractivity contribution in [1.82, 2.24) is 4.90 Å². The molecule has 2 nitrogen and oxygen atoms in total. The van der Waals surface area contributed by atoms with E-state index in [0.29, 0.717) is 5.92 Å². The summed E-state index contributed by atoms with van der Waals surface area (Å²) in [6.07, 6.45) is 0. The first-order valence-corrected chi connectivity index (χ1v) is 3.55. The minimum Gasteiger partial charge on any atom is -0.380 e. The molecule has 1 rings (SSSR count). The van der Waals surface area contributed by atoms with Gasteiger partial charge in [0.15, 0.2) is 0 Å². The first-order chi connectivity index (χ1) is 4.29. The molecule has 0 aromatic heterocycles. The van der Waals surface area contributed by atoms with Crippen molar-refractivity contribution in [3.63, 3.8) is 0 Å². The van der Waals surface area contributed by atoms with Gasteiger partial charge in [-0.05, 0) is 13.0 Å². The monoisotopic (exact) mass is 129 g/mol. The van der Waals surface area contributed by atoms with Gasteiger partial charge < -0.3 is 9.64 Å². The molecule has 0 saturated carbocycles. The summed E-state index contributed by atoms with van der Waals surface area (Å²) in [5.74, 6) is 0.706. The third kappa shape index (κ3) is 2.33. The van der Waals surface area contributed by atoms with Crippen LogP contribution in [0.4, 0.5) is 0 Å². The Morgan fingerprint density at radius 1 is 1.56 bits per heavy atom. The van der Waals surface area contributed by atoms with Crippen LogP contribution in [0.25, 0.3) is 0 Å². The third-order valence-electron chi connectivity index (χ3n) is 1.64. The van der Waals surface area contributed by atoms with Crippen LogP contribution in [0, 0.1) is 5.92 Å². The van der Waals surface area contributed by atoms with Gasteiger partial charge in [0.1, 0.15) is 0 Å². The maximum Gasteiger partial charge on any atom is 0.0593 e. The maximum absolute atomic E-state index is 5.34. The van der Waals surface area contributed by atoms with E-state index in [-0.39, 0.29) is 0 Å². The van der Waals surface area contributed by atoms with E-state index >= 15 is 0 Å². The Kier molecular flexibility index (Phi) is 2.49. The number of hydrogen-bond donors (Lipinski definition) is 0. The molecule has 0 radical (unpaired) electrons. The zero-order valence-electron chi connectivity index (χ0n) is 6.26. The van der Waals surface area contributed by atoms with Crippen molar-refractivity contribution < 1.29 is 4.74 Å². The lowest BCUT2D eigenvalue weighted by molar-refractivity contribution is 0.127. The molecule has 1 heterocycles. The van der Waals surface area contributed by atoms with Crippen molar-refractivity contribution in [1.29, 1.82) is 0 Å². The second-order valence-corrected chi connectivity index (χ2v) is 2.94. The molecule has 9 heavy (non-hydrogen) atoms. The average Bonchev–Trinajstić information content (AvgIpc) is 1.93. The minimum absolute atomic E-state index is 0.706. The number of hydrogen-bond acceptors (Lipinski definition) is 2. The van der Waals surface area contributed by atoms with Gasteiger partial charge in [0, 0.05) is 13.1 Å². The average molecular weight is 129 g/mol. The predicted molar refractivity (Wildman–Crippen MR) is 37.5 cm³/mol. The SMILES string of the molecule is C[C@@H]1COCCN(C)C1. The summed E-state index contributed by atoms with van der Waals surface area (Å²) in [5, 5.41) is 0. The molecule has 54 valence electrons. The Labute approximate surface area is 56.8 Å². The molecule has 1 aliphatic rings. The van der Waals surface area contributed by atoms with Gasteiger partial charge in [0.25, 0.3) is 0 Å². The van der Waals surface area contributed by atoms with E-state index in [1.807, 2.05) is 0 Å². The molecule has 1 fully saturated rings. The van der Waals surface area contributed by atoms with E-state index in [0.717, 1.165) is 19.8 Å². The van der Waals surface area contributed by atoms with Crippen LogP contribution in [-0.4, -0.2) is 38.3 Å². The molecule has 1 atom stereocenters. The lowest BCUT2D eigenvalue weighted by Gasteiger charge is -2.13. The third-order valence-corrected chi connectivity index (χ3v) is 1.64. The van der Waals surface area contributed by atoms with Crippen LogP contribution in [0.3, 0.4) is 0 Å². The van der Waals surface area contributed by atoms with Crippen molar-refractivity contribution in [2.75, 3.05) is 33.4 Å². The van der Waals surface area contributed by atoms with Gasteiger partial charge in [0.05, 0.1) is 13.2 Å². The number of nitrogens with zero attached hydrogens (tertiary/aromatic N) is 1. The smallest absolute Gasteiger partial charge is 0.0593 e. The van der Waals surface area contributed by atoms with E-state index in [2.05, 4.69) is 18.9 Å². The molecule has 0 aromatic carbocycles. The summed E-state index contributed by atoms with van der Waals surface area (Å²) in [6.45, 7) is 6.33. The van der Waals surface area contributed by atoms with Crippen LogP contribution in [0.15, 0.2) is 0 Å². The summed E-state index contributed by atoms with van der Waals surface area (Å²) < 4.78 is 5.34. The molecular formula is C7H15NO. The number of ether oxygens (including phenoxy) is 1. The number of likely N-dealkylation sites (N-methyl/N-ethyl adjacent to an activating group) is 1. The fourth-order valence-corrected chi connectivity index (χ4v) is 1.18. The molecule has 1 saturated heterocycles. The van der Waals surface area contributed by atoms with Gasteiger partial charge in [0.2, 0.25) is 0 Å². The highest BCUT2D eigenvalue weighted by molar-refractivity contribution is 4.61. The van der Waals surface area contributed by atoms with Crippen molar-refractivity contribution in [3.8, 4) is 0 Å². The van der Waals surface area contributed by atoms with Crippen LogP contribution in [0.1, 0.15) is 6.92 Å². The first-order valence-electron chi connectivity index (χ1n) is 3.55. The van der Waals surface area contributed by atoms with E-state index in [1.54, 1.807) is 0 Å². The second kappa shape index (κ2) is 3.18. The standard InChI is InChI=1S/C7H15NO/c1-7-5-8(2)3-4-9-6-7/h7H,3-6H2,1-2H3/t7-/m0/s1. The Hall–Kier alpha value is -0.0800. The summed E-state index contributed by atoms with van der Waals surface area (Å²) in [7, 11) is 2.14. The Morgan fingerprint density at radius 2 is 2.33 bits per heavy atom. The van der Waals surface area contributed by atoms with Crippen molar-refractivity contribution in [2.24, 2.45) is 5.92 Å². The highest BCUT2D eigenvalue weighted by atomic mass is 16.5. The molecule has 1 aliphatic heterocycles. The Bertz CT molecular complexity index is 75.0. The van der Waals surface area contributed by atoms with Crippen molar-refractivity contribution in [3.05, 3.63) is 0 Å². The van der Waals surface area contributed by atoms with Crippen LogP contribution in [-0.2, 0) is 4.74 Å². The van der Waals surface area contributed by atoms with E-state index < -0.39 is 0 Å². The van der Waals surface area contributed by atoms with Gasteiger partial charge >= 0.3 is 0 Å². The molecular weight excluding hydrogens is 114 g/mol. The first kappa shape index (κ1) is 7.03. The zero-order valence-corrected chi connectivity index (χ0v) is 6.26. The highest BCUT2D eigenvalue weighted by Gasteiger charge is 2.10. The Morgan fingerprint density at radius 3 is 3.11 bits per heavy atom. The summed E-state index contributed by atoms with van der Waals surface area (Å²) in [4.78, 5) is 2.32. The normalized spacial score (nSPS) is 32.0. The van der Waals surface area contributed by atoms with Crippen LogP contribution in [0.5, 0.6) is 0 Å². The Balaban J connectivity index is 2.29. The van der Waals surface area contributed by atoms with Crippen LogP contribution in [0.2, 0.25) is 0 Å². The summed E-state index contributed by atoms with van der Waals surface area (Å²) in [5.41, 5.74) is 0. The molecule has 0 spiro atoms. The lowest BCUT2D eigenvalue weighted by atomic mass is 10.2. The highest BCUT2D eigenvalue weighted by Crippen LogP contribution is 2.02. The van der Waals surface area contributed by atoms with Crippen LogP contribution < -0.4 is 0 Å².